The maximum absolute atomic E-state index is 12.5. The Morgan fingerprint density at radius 2 is 1.73 bits per heavy atom. The van der Waals surface area contributed by atoms with Gasteiger partial charge in [-0.05, 0) is 48.4 Å². The lowest BCUT2D eigenvalue weighted by Crippen LogP contribution is -2.38. The van der Waals surface area contributed by atoms with E-state index < -0.39 is 12.1 Å². The number of carboxylic acids is 1. The Balaban J connectivity index is 1.26. The van der Waals surface area contributed by atoms with Crippen LogP contribution in [0.2, 0.25) is 0 Å². The Kier molecular flexibility index (Phi) is 6.96. The molecular weight excluding hydrogens is 420 g/mol. The smallest absolute Gasteiger partial charge is 0.407 e. The van der Waals surface area contributed by atoms with Gasteiger partial charge in [0.05, 0.1) is 6.42 Å². The van der Waals surface area contributed by atoms with Crippen molar-refractivity contribution in [2.45, 2.75) is 57.0 Å². The summed E-state index contributed by atoms with van der Waals surface area (Å²) in [7, 11) is 0. The van der Waals surface area contributed by atoms with Crippen LogP contribution < -0.4 is 5.32 Å². The van der Waals surface area contributed by atoms with E-state index in [2.05, 4.69) is 29.6 Å². The molecule has 7 nitrogen and oxygen atoms in total. The Hall–Kier alpha value is -3.35. The number of likely N-dealkylation sites (tertiary alicyclic amines) is 1. The highest BCUT2D eigenvalue weighted by Crippen LogP contribution is 2.44. The zero-order valence-corrected chi connectivity index (χ0v) is 18.8. The molecular formula is C26H30N2O5. The summed E-state index contributed by atoms with van der Waals surface area (Å²) in [5.74, 6) is -0.939. The lowest BCUT2D eigenvalue weighted by molar-refractivity contribution is -0.140. The van der Waals surface area contributed by atoms with Gasteiger partial charge >= 0.3 is 12.1 Å². The first kappa shape index (κ1) is 22.8. The molecule has 2 aromatic rings. The van der Waals surface area contributed by atoms with Gasteiger partial charge in [0.25, 0.3) is 0 Å². The topological polar surface area (TPSA) is 95.9 Å². The number of carboxylic acid groups (broad SMARTS) is 1. The number of carbonyl (C=O) groups excluding carboxylic acids is 2. The summed E-state index contributed by atoms with van der Waals surface area (Å²) >= 11 is 0. The minimum absolute atomic E-state index is 0.00127. The Bertz CT molecular complexity index is 991. The SMILES string of the molecule is CC(CCC(=O)N1CCC[C@H]1CC(=O)O)NC(=O)OCC1c2ccccc2-c2ccccc21. The van der Waals surface area contributed by atoms with Gasteiger partial charge in [-0.2, -0.15) is 0 Å². The number of amides is 2. The zero-order chi connectivity index (χ0) is 23.4. The Morgan fingerprint density at radius 3 is 2.36 bits per heavy atom. The van der Waals surface area contributed by atoms with Crippen molar-refractivity contribution in [3.05, 3.63) is 59.7 Å². The molecule has 4 rings (SSSR count). The highest BCUT2D eigenvalue weighted by atomic mass is 16.5. The molecule has 2 aliphatic rings. The second kappa shape index (κ2) is 10.1. The molecule has 0 aromatic heterocycles. The van der Waals surface area contributed by atoms with Crippen molar-refractivity contribution in [2.24, 2.45) is 0 Å². The van der Waals surface area contributed by atoms with E-state index in [0.717, 1.165) is 24.0 Å². The van der Waals surface area contributed by atoms with E-state index in [1.807, 2.05) is 31.2 Å². The van der Waals surface area contributed by atoms with E-state index in [4.69, 9.17) is 9.84 Å². The molecule has 1 fully saturated rings. The van der Waals surface area contributed by atoms with Crippen molar-refractivity contribution in [3.63, 3.8) is 0 Å². The number of benzene rings is 2. The second-order valence-electron chi connectivity index (χ2n) is 8.89. The van der Waals surface area contributed by atoms with Crippen molar-refractivity contribution in [2.75, 3.05) is 13.2 Å². The third kappa shape index (κ3) is 5.18. The molecule has 174 valence electrons. The third-order valence-electron chi connectivity index (χ3n) is 6.61. The summed E-state index contributed by atoms with van der Waals surface area (Å²) in [5, 5.41) is 11.8. The first-order valence-electron chi connectivity index (χ1n) is 11.6. The maximum atomic E-state index is 12.5. The molecule has 33 heavy (non-hydrogen) atoms. The zero-order valence-electron chi connectivity index (χ0n) is 18.8. The average Bonchev–Trinajstić information content (AvgIpc) is 3.38. The van der Waals surface area contributed by atoms with Crippen LogP contribution in [0, 0.1) is 0 Å². The second-order valence-corrected chi connectivity index (χ2v) is 8.89. The van der Waals surface area contributed by atoms with E-state index in [-0.39, 0.29) is 43.4 Å². The van der Waals surface area contributed by atoms with Crippen molar-refractivity contribution in [1.82, 2.24) is 10.2 Å². The number of alkyl carbamates (subject to hydrolysis) is 1. The molecule has 1 aliphatic heterocycles. The molecule has 2 N–H and O–H groups in total. The van der Waals surface area contributed by atoms with Crippen molar-refractivity contribution >= 4 is 18.0 Å². The monoisotopic (exact) mass is 450 g/mol. The van der Waals surface area contributed by atoms with Gasteiger partial charge in [-0.3, -0.25) is 9.59 Å². The molecule has 1 aliphatic carbocycles. The molecule has 7 heteroatoms. The number of nitrogens with one attached hydrogen (secondary N) is 1. The fourth-order valence-electron chi connectivity index (χ4n) is 4.97. The van der Waals surface area contributed by atoms with Crippen LogP contribution in [-0.4, -0.2) is 53.2 Å². The highest BCUT2D eigenvalue weighted by molar-refractivity contribution is 5.79. The van der Waals surface area contributed by atoms with Gasteiger partial charge in [0, 0.05) is 31.0 Å². The first-order chi connectivity index (χ1) is 15.9. The molecule has 1 saturated heterocycles. The maximum Gasteiger partial charge on any atom is 0.407 e. The Morgan fingerprint density at radius 1 is 1.09 bits per heavy atom. The standard InChI is InChI=1S/C26H30N2O5/c1-17(12-13-24(29)28-14-6-7-18(28)15-25(30)31)27-26(32)33-16-23-21-10-4-2-8-19(21)20-9-3-5-11-22(20)23/h2-5,8-11,17-18,23H,6-7,12-16H2,1H3,(H,27,32)(H,30,31)/t17?,18-/m0/s1. The van der Waals surface area contributed by atoms with Gasteiger partial charge in [0.1, 0.15) is 6.61 Å². The number of carbonyl (C=O) groups is 3. The number of fused-ring (bicyclic) bond motifs is 3. The van der Waals surface area contributed by atoms with Crippen LogP contribution in [0.25, 0.3) is 11.1 Å². The number of aliphatic carboxylic acids is 1. The number of nitrogens with zero attached hydrogens (tertiary/aromatic N) is 1. The van der Waals surface area contributed by atoms with Gasteiger partial charge in [-0.15, -0.1) is 0 Å². The molecule has 2 amide bonds. The molecule has 0 radical (unpaired) electrons. The fourth-order valence-corrected chi connectivity index (χ4v) is 4.97. The first-order valence-corrected chi connectivity index (χ1v) is 11.6. The lowest BCUT2D eigenvalue weighted by Gasteiger charge is -2.24. The van der Waals surface area contributed by atoms with E-state index >= 15 is 0 Å². The van der Waals surface area contributed by atoms with Gasteiger partial charge in [0.2, 0.25) is 5.91 Å². The van der Waals surface area contributed by atoms with Crippen molar-refractivity contribution < 1.29 is 24.2 Å². The molecule has 0 bridgehead atoms. The van der Waals surface area contributed by atoms with E-state index in [1.165, 1.54) is 11.1 Å². The summed E-state index contributed by atoms with van der Waals surface area (Å²) in [6.45, 7) is 2.69. The predicted octanol–water partition coefficient (Wildman–Crippen LogP) is 4.16. The predicted molar refractivity (Wildman–Crippen MR) is 124 cm³/mol. The molecule has 2 atom stereocenters. The fraction of sp³-hybridized carbons (Fsp3) is 0.423. The van der Waals surface area contributed by atoms with Crippen LogP contribution in [-0.2, 0) is 14.3 Å². The van der Waals surface area contributed by atoms with E-state index in [9.17, 15) is 14.4 Å². The van der Waals surface area contributed by atoms with Crippen LogP contribution in [0.15, 0.2) is 48.5 Å². The van der Waals surface area contributed by atoms with E-state index in [1.54, 1.807) is 4.90 Å². The summed E-state index contributed by atoms with van der Waals surface area (Å²) in [4.78, 5) is 37.6. The third-order valence-corrected chi connectivity index (χ3v) is 6.61. The summed E-state index contributed by atoms with van der Waals surface area (Å²) in [5.41, 5.74) is 4.67. The van der Waals surface area contributed by atoms with Gasteiger partial charge < -0.3 is 20.1 Å². The normalized spacial score (nSPS) is 17.8. The van der Waals surface area contributed by atoms with Crippen LogP contribution in [0.3, 0.4) is 0 Å². The van der Waals surface area contributed by atoms with Gasteiger partial charge in [-0.25, -0.2) is 4.79 Å². The summed E-state index contributed by atoms with van der Waals surface area (Å²) in [6, 6.07) is 15.9. The van der Waals surface area contributed by atoms with Gasteiger partial charge in [-0.1, -0.05) is 48.5 Å². The van der Waals surface area contributed by atoms with Crippen molar-refractivity contribution in [1.29, 1.82) is 0 Å². The van der Waals surface area contributed by atoms with Crippen LogP contribution in [0.5, 0.6) is 0 Å². The molecule has 1 heterocycles. The van der Waals surface area contributed by atoms with Crippen LogP contribution in [0.1, 0.15) is 56.1 Å². The molecule has 2 aromatic carbocycles. The number of ether oxygens (including phenoxy) is 1. The van der Waals surface area contributed by atoms with E-state index in [0.29, 0.717) is 13.0 Å². The van der Waals surface area contributed by atoms with Crippen LogP contribution >= 0.6 is 0 Å². The summed E-state index contributed by atoms with van der Waals surface area (Å²) < 4.78 is 5.57. The Labute approximate surface area is 193 Å². The minimum Gasteiger partial charge on any atom is -0.481 e. The lowest BCUT2D eigenvalue weighted by atomic mass is 9.98. The minimum atomic E-state index is -0.884. The molecule has 0 saturated carbocycles. The van der Waals surface area contributed by atoms with Gasteiger partial charge in [0.15, 0.2) is 0 Å². The quantitative estimate of drug-likeness (QED) is 0.630. The largest absolute Gasteiger partial charge is 0.481 e. The average molecular weight is 451 g/mol. The number of rotatable bonds is 8. The van der Waals surface area contributed by atoms with Crippen molar-refractivity contribution in [3.8, 4) is 11.1 Å². The molecule has 1 unspecified atom stereocenters. The summed E-state index contributed by atoms with van der Waals surface area (Å²) in [6.07, 6.45) is 1.78. The highest BCUT2D eigenvalue weighted by Gasteiger charge is 2.31. The number of hydrogen-bond acceptors (Lipinski definition) is 4. The van der Waals surface area contributed by atoms with Crippen LogP contribution in [0.4, 0.5) is 4.79 Å². The number of hydrogen-bond donors (Lipinski definition) is 2. The molecule has 0 spiro atoms.